The Morgan fingerprint density at radius 2 is 1.76 bits per heavy atom. The molecule has 0 bridgehead atoms. The van der Waals surface area contributed by atoms with Gasteiger partial charge in [-0.05, 0) is 37.3 Å². The second-order valence-corrected chi connectivity index (χ2v) is 5.47. The Hall–Kier alpha value is -2.04. The van der Waals surface area contributed by atoms with Crippen molar-refractivity contribution >= 4 is 23.2 Å². The van der Waals surface area contributed by atoms with E-state index in [9.17, 15) is 5.11 Å². The van der Waals surface area contributed by atoms with Crippen LogP contribution in [0.15, 0.2) is 40.9 Å². The van der Waals surface area contributed by atoms with Crippen molar-refractivity contribution in [2.24, 2.45) is 0 Å². The highest BCUT2D eigenvalue weighted by atomic mass is 35.5. The number of aromatic hydroxyl groups is 1. The van der Waals surface area contributed by atoms with E-state index >= 15 is 0 Å². The minimum atomic E-state index is 0.0833. The van der Waals surface area contributed by atoms with Crippen LogP contribution in [0, 0.1) is 6.92 Å². The van der Waals surface area contributed by atoms with Crippen molar-refractivity contribution in [2.45, 2.75) is 6.92 Å². The molecule has 6 heteroatoms. The number of hydrogen-bond acceptors (Lipinski definition) is 4. The molecule has 21 heavy (non-hydrogen) atoms. The Balaban J connectivity index is 2.05. The van der Waals surface area contributed by atoms with E-state index in [1.165, 1.54) is 0 Å². The fourth-order valence-corrected chi connectivity index (χ4v) is 2.48. The van der Waals surface area contributed by atoms with Gasteiger partial charge in [-0.3, -0.25) is 0 Å². The maximum absolute atomic E-state index is 9.89. The third-order valence-corrected chi connectivity index (χ3v) is 3.37. The number of aromatic nitrogens is 2. The lowest BCUT2D eigenvalue weighted by Crippen LogP contribution is -1.83. The molecule has 0 aliphatic heterocycles. The Kier molecular flexibility index (Phi) is 3.57. The second-order valence-electron chi connectivity index (χ2n) is 4.60. The molecule has 106 valence electrons. The third kappa shape index (κ3) is 2.86. The lowest BCUT2D eigenvalue weighted by atomic mass is 10.1. The molecular weight excluding hydrogens is 311 g/mol. The van der Waals surface area contributed by atoms with Crippen molar-refractivity contribution in [3.8, 4) is 28.6 Å². The van der Waals surface area contributed by atoms with Gasteiger partial charge in [0.2, 0.25) is 5.82 Å². The van der Waals surface area contributed by atoms with Crippen molar-refractivity contribution in [3.63, 3.8) is 0 Å². The Morgan fingerprint density at radius 3 is 2.48 bits per heavy atom. The molecule has 1 N–H and O–H groups in total. The Bertz CT molecular complexity index is 795. The molecular formula is C15H10Cl2N2O2. The van der Waals surface area contributed by atoms with Gasteiger partial charge in [0, 0.05) is 15.6 Å². The molecule has 1 heterocycles. The minimum absolute atomic E-state index is 0.0833. The molecule has 0 amide bonds. The highest BCUT2D eigenvalue weighted by molar-refractivity contribution is 6.35. The zero-order chi connectivity index (χ0) is 15.0. The molecule has 3 aromatic rings. The first kappa shape index (κ1) is 13.9. The molecule has 1 aromatic heterocycles. The first-order valence-corrected chi connectivity index (χ1v) is 6.89. The van der Waals surface area contributed by atoms with Gasteiger partial charge in [-0.2, -0.15) is 4.98 Å². The fourth-order valence-electron chi connectivity index (χ4n) is 1.95. The number of benzene rings is 2. The van der Waals surface area contributed by atoms with Crippen molar-refractivity contribution in [1.29, 1.82) is 0 Å². The molecule has 4 nitrogen and oxygen atoms in total. The van der Waals surface area contributed by atoms with Gasteiger partial charge in [0.05, 0.1) is 5.56 Å². The van der Waals surface area contributed by atoms with Crippen LogP contribution in [0.25, 0.3) is 22.8 Å². The Morgan fingerprint density at radius 1 is 1.05 bits per heavy atom. The molecule has 0 spiro atoms. The van der Waals surface area contributed by atoms with Gasteiger partial charge in [-0.25, -0.2) is 0 Å². The number of phenolic OH excluding ortho intramolecular Hbond substituents is 1. The van der Waals surface area contributed by atoms with Crippen LogP contribution in [-0.4, -0.2) is 15.2 Å². The number of nitrogens with zero attached hydrogens (tertiary/aromatic N) is 2. The van der Waals surface area contributed by atoms with E-state index in [2.05, 4.69) is 10.1 Å². The quantitative estimate of drug-likeness (QED) is 0.741. The first-order chi connectivity index (χ1) is 10.0. The van der Waals surface area contributed by atoms with Crippen molar-refractivity contribution in [3.05, 3.63) is 52.0 Å². The summed E-state index contributed by atoms with van der Waals surface area (Å²) < 4.78 is 5.21. The molecule has 0 aliphatic rings. The van der Waals surface area contributed by atoms with Gasteiger partial charge in [-0.15, -0.1) is 0 Å². The van der Waals surface area contributed by atoms with E-state index in [4.69, 9.17) is 27.7 Å². The number of halogens is 2. The summed E-state index contributed by atoms with van der Waals surface area (Å²) in [6, 6.07) is 10.2. The fraction of sp³-hybridized carbons (Fsp3) is 0.0667. The zero-order valence-corrected chi connectivity index (χ0v) is 12.5. The third-order valence-electron chi connectivity index (χ3n) is 2.93. The van der Waals surface area contributed by atoms with Crippen LogP contribution in [-0.2, 0) is 0 Å². The van der Waals surface area contributed by atoms with Crippen molar-refractivity contribution < 1.29 is 9.63 Å². The van der Waals surface area contributed by atoms with Crippen LogP contribution in [0.1, 0.15) is 5.56 Å². The van der Waals surface area contributed by atoms with Crippen LogP contribution in [0.4, 0.5) is 0 Å². The predicted octanol–water partition coefficient (Wildman–Crippen LogP) is 4.72. The topological polar surface area (TPSA) is 59.2 Å². The largest absolute Gasteiger partial charge is 0.507 e. The van der Waals surface area contributed by atoms with E-state index in [0.717, 1.165) is 5.56 Å². The maximum atomic E-state index is 9.89. The number of aryl methyl sites for hydroxylation is 1. The molecule has 0 atom stereocenters. The van der Waals surface area contributed by atoms with E-state index < -0.39 is 0 Å². The molecule has 2 aromatic carbocycles. The summed E-state index contributed by atoms with van der Waals surface area (Å²) in [5.41, 5.74) is 2.12. The normalized spacial score (nSPS) is 10.8. The highest BCUT2D eigenvalue weighted by Crippen LogP contribution is 2.31. The Labute approximate surface area is 130 Å². The van der Waals surface area contributed by atoms with Crippen molar-refractivity contribution in [2.75, 3.05) is 0 Å². The SMILES string of the molecule is Cc1ccc(O)c(-c2nc(-c3cc(Cl)cc(Cl)c3)no2)c1. The maximum Gasteiger partial charge on any atom is 0.262 e. The van der Waals surface area contributed by atoms with Crippen LogP contribution in [0.2, 0.25) is 10.0 Å². The summed E-state index contributed by atoms with van der Waals surface area (Å²) >= 11 is 11.9. The van der Waals surface area contributed by atoms with Gasteiger partial charge in [-0.1, -0.05) is 40.0 Å². The highest BCUT2D eigenvalue weighted by Gasteiger charge is 2.14. The molecule has 0 saturated carbocycles. The standard InChI is InChI=1S/C15H10Cl2N2O2/c1-8-2-3-13(20)12(4-8)15-18-14(19-21-15)9-5-10(16)7-11(17)6-9/h2-7,20H,1H3. The van der Waals surface area contributed by atoms with E-state index in [1.807, 2.05) is 6.92 Å². The first-order valence-electron chi connectivity index (χ1n) is 6.13. The van der Waals surface area contributed by atoms with Crippen LogP contribution >= 0.6 is 23.2 Å². The molecule has 0 fully saturated rings. The van der Waals surface area contributed by atoms with Gasteiger partial charge >= 0.3 is 0 Å². The average Bonchev–Trinajstić information content (AvgIpc) is 2.90. The lowest BCUT2D eigenvalue weighted by Gasteiger charge is -2.00. The van der Waals surface area contributed by atoms with E-state index in [1.54, 1.807) is 36.4 Å². The monoisotopic (exact) mass is 320 g/mol. The van der Waals surface area contributed by atoms with E-state index in [-0.39, 0.29) is 11.6 Å². The number of hydrogen-bond donors (Lipinski definition) is 1. The summed E-state index contributed by atoms with van der Waals surface area (Å²) in [5.74, 6) is 0.678. The van der Waals surface area contributed by atoms with Crippen LogP contribution in [0.3, 0.4) is 0 Å². The molecule has 0 radical (unpaired) electrons. The van der Waals surface area contributed by atoms with E-state index in [0.29, 0.717) is 27.0 Å². The van der Waals surface area contributed by atoms with Gasteiger partial charge in [0.25, 0.3) is 5.89 Å². The van der Waals surface area contributed by atoms with Gasteiger partial charge in [0.1, 0.15) is 5.75 Å². The summed E-state index contributed by atoms with van der Waals surface area (Å²) in [4.78, 5) is 4.28. The molecule has 0 aliphatic carbocycles. The number of rotatable bonds is 2. The zero-order valence-electron chi connectivity index (χ0n) is 11.0. The summed E-state index contributed by atoms with van der Waals surface area (Å²) in [7, 11) is 0. The number of phenols is 1. The van der Waals surface area contributed by atoms with Gasteiger partial charge < -0.3 is 9.63 Å². The second kappa shape index (κ2) is 5.39. The molecule has 3 rings (SSSR count). The van der Waals surface area contributed by atoms with Gasteiger partial charge in [0.15, 0.2) is 0 Å². The average molecular weight is 321 g/mol. The molecule has 0 unspecified atom stereocenters. The predicted molar refractivity (Wildman–Crippen MR) is 81.6 cm³/mol. The van der Waals surface area contributed by atoms with Crippen molar-refractivity contribution in [1.82, 2.24) is 10.1 Å². The lowest BCUT2D eigenvalue weighted by molar-refractivity contribution is 0.425. The molecule has 0 saturated heterocycles. The summed E-state index contributed by atoms with van der Waals surface area (Å²) in [6.45, 7) is 1.91. The smallest absolute Gasteiger partial charge is 0.262 e. The van der Waals surface area contributed by atoms with Crippen LogP contribution < -0.4 is 0 Å². The minimum Gasteiger partial charge on any atom is -0.507 e. The van der Waals surface area contributed by atoms with Crippen LogP contribution in [0.5, 0.6) is 5.75 Å². The summed E-state index contributed by atoms with van der Waals surface area (Å²) in [5, 5.41) is 14.8. The summed E-state index contributed by atoms with van der Waals surface area (Å²) in [6.07, 6.45) is 0.